The Morgan fingerprint density at radius 2 is 1.51 bits per heavy atom. The quantitative estimate of drug-likeness (QED) is 0.320. The van der Waals surface area contributed by atoms with Crippen LogP contribution in [-0.4, -0.2) is 20.9 Å². The normalized spacial score (nSPS) is 10.9. The first-order chi connectivity index (χ1) is 16.9. The molecule has 0 radical (unpaired) electrons. The van der Waals surface area contributed by atoms with Gasteiger partial charge < -0.3 is 14.8 Å². The zero-order valence-corrected chi connectivity index (χ0v) is 19.8. The number of sulfonamides is 1. The summed E-state index contributed by atoms with van der Waals surface area (Å²) in [5.74, 6) is 1.13. The van der Waals surface area contributed by atoms with Crippen LogP contribution in [0.15, 0.2) is 108 Å². The summed E-state index contributed by atoms with van der Waals surface area (Å²) in [5, 5.41) is 2.77. The van der Waals surface area contributed by atoms with Gasteiger partial charge in [0.2, 0.25) is 0 Å². The average molecular weight is 489 g/mol. The summed E-state index contributed by atoms with van der Waals surface area (Å²) in [7, 11) is -3.75. The van der Waals surface area contributed by atoms with Gasteiger partial charge in [-0.05, 0) is 73.2 Å². The number of amides is 1. The third-order valence-corrected chi connectivity index (χ3v) is 6.30. The molecule has 0 bridgehead atoms. The number of hydrogen-bond acceptors (Lipinski definition) is 5. The zero-order chi connectivity index (χ0) is 24.7. The molecule has 0 spiro atoms. The number of ether oxygens (including phenoxy) is 2. The average Bonchev–Trinajstić information content (AvgIpc) is 2.85. The van der Waals surface area contributed by atoms with Gasteiger partial charge in [0.05, 0.1) is 10.6 Å². The molecule has 0 fully saturated rings. The van der Waals surface area contributed by atoms with Gasteiger partial charge >= 0.3 is 0 Å². The summed E-state index contributed by atoms with van der Waals surface area (Å²) in [4.78, 5) is 12.5. The molecule has 8 heteroatoms. The number of carbonyl (C=O) groups excluding carboxylic acids is 1. The van der Waals surface area contributed by atoms with Crippen LogP contribution in [-0.2, 0) is 14.8 Å². The second kappa shape index (κ2) is 10.8. The SMILES string of the molecule is Cc1cccc(NS(=O)(=O)c2ccc(OCC(=O)Nc3ccccc3Oc3ccccc3)cc2)c1. The first-order valence-electron chi connectivity index (χ1n) is 10.8. The van der Waals surface area contributed by atoms with E-state index < -0.39 is 10.0 Å². The van der Waals surface area contributed by atoms with E-state index in [-0.39, 0.29) is 17.4 Å². The van der Waals surface area contributed by atoms with Crippen molar-refractivity contribution in [1.29, 1.82) is 0 Å². The summed E-state index contributed by atoms with van der Waals surface area (Å²) in [5.41, 5.74) is 1.94. The number of nitrogens with one attached hydrogen (secondary N) is 2. The van der Waals surface area contributed by atoms with Crippen LogP contribution >= 0.6 is 0 Å². The van der Waals surface area contributed by atoms with E-state index in [4.69, 9.17) is 9.47 Å². The molecule has 35 heavy (non-hydrogen) atoms. The van der Waals surface area contributed by atoms with Crippen LogP contribution < -0.4 is 19.5 Å². The number of benzene rings is 4. The van der Waals surface area contributed by atoms with Crippen LogP contribution in [0.2, 0.25) is 0 Å². The van der Waals surface area contributed by atoms with E-state index in [1.165, 1.54) is 24.3 Å². The molecule has 0 saturated heterocycles. The van der Waals surface area contributed by atoms with Gasteiger partial charge in [0.15, 0.2) is 12.4 Å². The van der Waals surface area contributed by atoms with Crippen molar-refractivity contribution in [3.05, 3.63) is 109 Å². The van der Waals surface area contributed by atoms with Crippen molar-refractivity contribution < 1.29 is 22.7 Å². The van der Waals surface area contributed by atoms with Gasteiger partial charge in [-0.15, -0.1) is 0 Å². The Hall–Kier alpha value is -4.30. The molecule has 1 amide bonds. The van der Waals surface area contributed by atoms with Crippen LogP contribution in [0.3, 0.4) is 0 Å². The van der Waals surface area contributed by atoms with Gasteiger partial charge in [0.1, 0.15) is 11.5 Å². The molecule has 0 unspecified atom stereocenters. The van der Waals surface area contributed by atoms with Crippen LogP contribution in [0.25, 0.3) is 0 Å². The van der Waals surface area contributed by atoms with Crippen molar-refractivity contribution in [3.8, 4) is 17.2 Å². The van der Waals surface area contributed by atoms with Gasteiger partial charge in [0, 0.05) is 5.69 Å². The predicted molar refractivity (Wildman–Crippen MR) is 136 cm³/mol. The van der Waals surface area contributed by atoms with Gasteiger partial charge in [-0.1, -0.05) is 42.5 Å². The van der Waals surface area contributed by atoms with E-state index in [1.807, 2.05) is 49.4 Å². The highest BCUT2D eigenvalue weighted by Gasteiger charge is 2.15. The van der Waals surface area contributed by atoms with Crippen molar-refractivity contribution >= 4 is 27.3 Å². The molecule has 4 rings (SSSR count). The Bertz CT molecular complexity index is 1410. The molecule has 0 aromatic heterocycles. The van der Waals surface area contributed by atoms with Crippen molar-refractivity contribution in [1.82, 2.24) is 0 Å². The minimum atomic E-state index is -3.75. The molecule has 0 saturated carbocycles. The fraction of sp³-hybridized carbons (Fsp3) is 0.0741. The van der Waals surface area contributed by atoms with E-state index in [0.29, 0.717) is 28.6 Å². The summed E-state index contributed by atoms with van der Waals surface area (Å²) < 4.78 is 39.2. The fourth-order valence-electron chi connectivity index (χ4n) is 3.25. The first-order valence-corrected chi connectivity index (χ1v) is 12.3. The third kappa shape index (κ3) is 6.61. The molecular formula is C27H24N2O5S. The highest BCUT2D eigenvalue weighted by Crippen LogP contribution is 2.29. The fourth-order valence-corrected chi connectivity index (χ4v) is 4.30. The molecule has 4 aromatic rings. The van der Waals surface area contributed by atoms with Gasteiger partial charge in [-0.2, -0.15) is 0 Å². The standard InChI is InChI=1S/C27H24N2O5S/c1-20-8-7-9-21(18-20)29-35(31,32)24-16-14-22(15-17-24)33-19-27(30)28-25-12-5-6-13-26(25)34-23-10-3-2-4-11-23/h2-18,29H,19H2,1H3,(H,28,30). The van der Waals surface area contributed by atoms with E-state index in [2.05, 4.69) is 10.0 Å². The van der Waals surface area contributed by atoms with Gasteiger partial charge in [0.25, 0.3) is 15.9 Å². The third-order valence-electron chi connectivity index (χ3n) is 4.91. The predicted octanol–water partition coefficient (Wildman–Crippen LogP) is 5.61. The second-order valence-electron chi connectivity index (χ2n) is 7.69. The number of hydrogen-bond donors (Lipinski definition) is 2. The Labute approximate surface area is 204 Å². The molecule has 2 N–H and O–H groups in total. The number of para-hydroxylation sites is 3. The maximum Gasteiger partial charge on any atom is 0.262 e. The van der Waals surface area contributed by atoms with Crippen LogP contribution in [0, 0.1) is 6.92 Å². The molecule has 4 aromatic carbocycles. The van der Waals surface area contributed by atoms with Gasteiger partial charge in [-0.25, -0.2) is 8.42 Å². The highest BCUT2D eigenvalue weighted by atomic mass is 32.2. The molecule has 0 atom stereocenters. The summed E-state index contributed by atoms with van der Waals surface area (Å²) in [6, 6.07) is 29.3. The van der Waals surface area contributed by atoms with Crippen molar-refractivity contribution in [2.75, 3.05) is 16.6 Å². The van der Waals surface area contributed by atoms with Crippen molar-refractivity contribution in [2.45, 2.75) is 11.8 Å². The Morgan fingerprint density at radius 1 is 0.800 bits per heavy atom. The van der Waals surface area contributed by atoms with Crippen LogP contribution in [0.5, 0.6) is 17.2 Å². The monoisotopic (exact) mass is 488 g/mol. The number of carbonyl (C=O) groups is 1. The smallest absolute Gasteiger partial charge is 0.262 e. The molecule has 0 aliphatic carbocycles. The summed E-state index contributed by atoms with van der Waals surface area (Å²) in [6.45, 7) is 1.63. The van der Waals surface area contributed by atoms with Crippen LogP contribution in [0.1, 0.15) is 5.56 Å². The molecule has 178 valence electrons. The Balaban J connectivity index is 1.34. The summed E-state index contributed by atoms with van der Waals surface area (Å²) in [6.07, 6.45) is 0. The largest absolute Gasteiger partial charge is 0.484 e. The molecule has 7 nitrogen and oxygen atoms in total. The Morgan fingerprint density at radius 3 is 2.26 bits per heavy atom. The lowest BCUT2D eigenvalue weighted by Gasteiger charge is -2.13. The minimum Gasteiger partial charge on any atom is -0.484 e. The molecule has 0 aliphatic rings. The lowest BCUT2D eigenvalue weighted by molar-refractivity contribution is -0.118. The first kappa shape index (κ1) is 23.8. The molecular weight excluding hydrogens is 464 g/mol. The zero-order valence-electron chi connectivity index (χ0n) is 19.0. The minimum absolute atomic E-state index is 0.0859. The lowest BCUT2D eigenvalue weighted by Crippen LogP contribution is -2.20. The van der Waals surface area contributed by atoms with Crippen LogP contribution in [0.4, 0.5) is 11.4 Å². The van der Waals surface area contributed by atoms with Gasteiger partial charge in [-0.3, -0.25) is 9.52 Å². The van der Waals surface area contributed by atoms with E-state index >= 15 is 0 Å². The lowest BCUT2D eigenvalue weighted by atomic mass is 10.2. The Kier molecular flexibility index (Phi) is 7.32. The number of anilines is 2. The van der Waals surface area contributed by atoms with Crippen molar-refractivity contribution in [2.24, 2.45) is 0 Å². The molecule has 0 heterocycles. The topological polar surface area (TPSA) is 93.7 Å². The van der Waals surface area contributed by atoms with E-state index in [9.17, 15) is 13.2 Å². The van der Waals surface area contributed by atoms with E-state index in [0.717, 1.165) is 5.56 Å². The van der Waals surface area contributed by atoms with E-state index in [1.54, 1.807) is 36.4 Å². The molecule has 0 aliphatic heterocycles. The van der Waals surface area contributed by atoms with Crippen molar-refractivity contribution in [3.63, 3.8) is 0 Å². The second-order valence-corrected chi connectivity index (χ2v) is 9.38. The maximum atomic E-state index is 12.6. The number of aryl methyl sites for hydroxylation is 1. The number of rotatable bonds is 9. The maximum absolute atomic E-state index is 12.6. The highest BCUT2D eigenvalue weighted by molar-refractivity contribution is 7.92. The summed E-state index contributed by atoms with van der Waals surface area (Å²) >= 11 is 0.